The fraction of sp³-hybridized carbons (Fsp3) is 0.429. The number of nitrogens with one attached hydrogen (secondary N) is 1. The maximum atomic E-state index is 13.1. The van der Waals surface area contributed by atoms with Crippen molar-refractivity contribution in [3.63, 3.8) is 0 Å². The number of hydrogen-bond donors (Lipinski definition) is 1. The Morgan fingerprint density at radius 3 is 2.40 bits per heavy atom. The van der Waals surface area contributed by atoms with Gasteiger partial charge in [-0.2, -0.15) is 0 Å². The van der Waals surface area contributed by atoms with E-state index in [1.54, 1.807) is 0 Å². The van der Waals surface area contributed by atoms with E-state index in [0.717, 1.165) is 6.07 Å². The van der Waals surface area contributed by atoms with Gasteiger partial charge in [-0.1, -0.05) is 11.6 Å². The third-order valence-electron chi connectivity index (χ3n) is 2.41. The van der Waals surface area contributed by atoms with Crippen molar-refractivity contribution < 1.29 is 14.0 Å². The number of halogens is 2. The number of benzene rings is 1. The van der Waals surface area contributed by atoms with E-state index in [9.17, 15) is 14.0 Å². The lowest BCUT2D eigenvalue weighted by molar-refractivity contribution is -0.124. The molecule has 0 aliphatic carbocycles. The molecule has 4 nitrogen and oxygen atoms in total. The van der Waals surface area contributed by atoms with Crippen molar-refractivity contribution in [1.29, 1.82) is 0 Å². The SMILES string of the molecule is CC(=O)N(CC(=O)NC(C)(C)C)c1ccc(F)c(Cl)c1. The summed E-state index contributed by atoms with van der Waals surface area (Å²) in [5, 5.41) is 2.67. The number of nitrogens with zero attached hydrogens (tertiary/aromatic N) is 1. The van der Waals surface area contributed by atoms with Crippen molar-refractivity contribution in [2.75, 3.05) is 11.4 Å². The van der Waals surface area contributed by atoms with Crippen LogP contribution in [0.15, 0.2) is 18.2 Å². The Hall–Kier alpha value is -1.62. The highest BCUT2D eigenvalue weighted by Gasteiger charge is 2.20. The van der Waals surface area contributed by atoms with Gasteiger partial charge in [0.25, 0.3) is 0 Å². The van der Waals surface area contributed by atoms with Crippen LogP contribution in [-0.2, 0) is 9.59 Å². The molecule has 2 amide bonds. The Kier molecular flexibility index (Phi) is 5.11. The van der Waals surface area contributed by atoms with E-state index < -0.39 is 5.82 Å². The van der Waals surface area contributed by atoms with Gasteiger partial charge in [0.05, 0.1) is 5.02 Å². The lowest BCUT2D eigenvalue weighted by Crippen LogP contribution is -2.47. The van der Waals surface area contributed by atoms with Crippen LogP contribution in [0, 0.1) is 5.82 Å². The van der Waals surface area contributed by atoms with Gasteiger partial charge in [0.15, 0.2) is 0 Å². The average Bonchev–Trinajstić information content (AvgIpc) is 2.27. The number of carbonyl (C=O) groups excluding carboxylic acids is 2. The van der Waals surface area contributed by atoms with Crippen LogP contribution in [0.1, 0.15) is 27.7 Å². The summed E-state index contributed by atoms with van der Waals surface area (Å²) in [6.07, 6.45) is 0. The molecule has 1 N–H and O–H groups in total. The summed E-state index contributed by atoms with van der Waals surface area (Å²) >= 11 is 5.69. The predicted octanol–water partition coefficient (Wildman–Crippen LogP) is 2.75. The minimum Gasteiger partial charge on any atom is -0.350 e. The van der Waals surface area contributed by atoms with Crippen LogP contribution in [0.25, 0.3) is 0 Å². The second kappa shape index (κ2) is 6.22. The fourth-order valence-electron chi connectivity index (χ4n) is 1.64. The molecule has 0 heterocycles. The third-order valence-corrected chi connectivity index (χ3v) is 2.70. The Labute approximate surface area is 122 Å². The van der Waals surface area contributed by atoms with Gasteiger partial charge in [0.1, 0.15) is 12.4 Å². The van der Waals surface area contributed by atoms with E-state index in [1.165, 1.54) is 24.0 Å². The molecule has 0 aliphatic heterocycles. The minimum absolute atomic E-state index is 0.0926. The molecule has 0 radical (unpaired) electrons. The third kappa shape index (κ3) is 4.81. The molecule has 110 valence electrons. The summed E-state index contributed by atoms with van der Waals surface area (Å²) in [6.45, 7) is 6.73. The van der Waals surface area contributed by atoms with Crippen LogP contribution in [0.5, 0.6) is 0 Å². The smallest absolute Gasteiger partial charge is 0.240 e. The van der Waals surface area contributed by atoms with Crippen LogP contribution < -0.4 is 10.2 Å². The zero-order valence-corrected chi connectivity index (χ0v) is 12.7. The Morgan fingerprint density at radius 2 is 1.95 bits per heavy atom. The molecular weight excluding hydrogens is 283 g/mol. The van der Waals surface area contributed by atoms with Gasteiger partial charge in [-0.15, -0.1) is 0 Å². The number of anilines is 1. The maximum absolute atomic E-state index is 13.1. The van der Waals surface area contributed by atoms with E-state index in [0.29, 0.717) is 5.69 Å². The molecule has 1 rings (SSSR count). The second-order valence-corrected chi connectivity index (χ2v) is 5.91. The largest absolute Gasteiger partial charge is 0.350 e. The molecule has 0 spiro atoms. The normalized spacial score (nSPS) is 11.1. The zero-order valence-electron chi connectivity index (χ0n) is 12.0. The molecule has 0 aromatic heterocycles. The summed E-state index contributed by atoms with van der Waals surface area (Å²) in [4.78, 5) is 24.8. The first-order valence-electron chi connectivity index (χ1n) is 6.14. The van der Waals surface area contributed by atoms with Crippen molar-refractivity contribution in [2.24, 2.45) is 0 Å². The molecule has 6 heteroatoms. The highest BCUT2D eigenvalue weighted by Crippen LogP contribution is 2.22. The van der Waals surface area contributed by atoms with Crippen LogP contribution in [0.2, 0.25) is 5.02 Å². The summed E-state index contributed by atoms with van der Waals surface area (Å²) in [6, 6.07) is 3.89. The van der Waals surface area contributed by atoms with Gasteiger partial charge in [0.2, 0.25) is 11.8 Å². The van der Waals surface area contributed by atoms with Crippen molar-refractivity contribution in [3.8, 4) is 0 Å². The second-order valence-electron chi connectivity index (χ2n) is 5.50. The van der Waals surface area contributed by atoms with Crippen LogP contribution in [-0.4, -0.2) is 23.9 Å². The van der Waals surface area contributed by atoms with Crippen LogP contribution >= 0.6 is 11.6 Å². The molecule has 0 unspecified atom stereocenters. The molecular formula is C14H18ClFN2O2. The van der Waals surface area contributed by atoms with E-state index in [-0.39, 0.29) is 28.9 Å². The lowest BCUT2D eigenvalue weighted by atomic mass is 10.1. The van der Waals surface area contributed by atoms with Crippen LogP contribution in [0.3, 0.4) is 0 Å². The number of carbonyl (C=O) groups is 2. The topological polar surface area (TPSA) is 49.4 Å². The zero-order chi connectivity index (χ0) is 15.5. The molecule has 20 heavy (non-hydrogen) atoms. The van der Waals surface area contributed by atoms with Crippen molar-refractivity contribution in [2.45, 2.75) is 33.2 Å². The Balaban J connectivity index is 2.92. The van der Waals surface area contributed by atoms with Gasteiger partial charge in [-0.05, 0) is 39.0 Å². The average molecular weight is 301 g/mol. The number of amides is 2. The predicted molar refractivity (Wildman–Crippen MR) is 77.3 cm³/mol. The summed E-state index contributed by atoms with van der Waals surface area (Å²) < 4.78 is 13.1. The van der Waals surface area contributed by atoms with Gasteiger partial charge in [-0.25, -0.2) is 4.39 Å². The van der Waals surface area contributed by atoms with E-state index in [2.05, 4.69) is 5.32 Å². The summed E-state index contributed by atoms with van der Waals surface area (Å²) in [7, 11) is 0. The number of rotatable bonds is 3. The molecule has 0 bridgehead atoms. The molecule has 0 fully saturated rings. The van der Waals surface area contributed by atoms with E-state index in [1.807, 2.05) is 20.8 Å². The Bertz CT molecular complexity index is 526. The van der Waals surface area contributed by atoms with Gasteiger partial charge < -0.3 is 10.2 Å². The standard InChI is InChI=1S/C14H18ClFN2O2/c1-9(19)18(8-13(20)17-14(2,3)4)10-5-6-12(16)11(15)7-10/h5-7H,8H2,1-4H3,(H,17,20). The Morgan fingerprint density at radius 1 is 1.35 bits per heavy atom. The monoisotopic (exact) mass is 300 g/mol. The highest BCUT2D eigenvalue weighted by molar-refractivity contribution is 6.31. The molecule has 0 saturated heterocycles. The van der Waals surface area contributed by atoms with E-state index in [4.69, 9.17) is 11.6 Å². The molecule has 0 aliphatic rings. The summed E-state index contributed by atoms with van der Waals surface area (Å²) in [5.74, 6) is -1.19. The van der Waals surface area contributed by atoms with Crippen molar-refractivity contribution in [1.82, 2.24) is 5.32 Å². The first-order valence-corrected chi connectivity index (χ1v) is 6.52. The van der Waals surface area contributed by atoms with Gasteiger partial charge >= 0.3 is 0 Å². The van der Waals surface area contributed by atoms with Crippen molar-refractivity contribution in [3.05, 3.63) is 29.0 Å². The maximum Gasteiger partial charge on any atom is 0.240 e. The molecule has 0 saturated carbocycles. The molecule has 1 aromatic carbocycles. The molecule has 1 aromatic rings. The number of hydrogen-bond acceptors (Lipinski definition) is 2. The summed E-state index contributed by atoms with van der Waals surface area (Å²) in [5.41, 5.74) is -0.00654. The van der Waals surface area contributed by atoms with Crippen LogP contribution in [0.4, 0.5) is 10.1 Å². The lowest BCUT2D eigenvalue weighted by Gasteiger charge is -2.25. The minimum atomic E-state index is -0.571. The molecule has 0 atom stereocenters. The van der Waals surface area contributed by atoms with Gasteiger partial charge in [0, 0.05) is 18.2 Å². The van der Waals surface area contributed by atoms with Crippen molar-refractivity contribution >= 4 is 29.1 Å². The first-order chi connectivity index (χ1) is 9.10. The highest BCUT2D eigenvalue weighted by atomic mass is 35.5. The van der Waals surface area contributed by atoms with E-state index >= 15 is 0 Å². The fourth-order valence-corrected chi connectivity index (χ4v) is 1.81. The quantitative estimate of drug-likeness (QED) is 0.933. The van der Waals surface area contributed by atoms with Gasteiger partial charge in [-0.3, -0.25) is 9.59 Å². The first kappa shape index (κ1) is 16.4.